The van der Waals surface area contributed by atoms with E-state index >= 15 is 0 Å². The van der Waals surface area contributed by atoms with Crippen LogP contribution in [-0.4, -0.2) is 47.7 Å². The fraction of sp³-hybridized carbons (Fsp3) is 0.611. The number of likely N-dealkylation sites (tertiary alicyclic amines) is 1. The van der Waals surface area contributed by atoms with Crippen molar-refractivity contribution in [2.75, 3.05) is 20.1 Å². The van der Waals surface area contributed by atoms with Crippen LogP contribution < -0.4 is 0 Å². The Balaban J connectivity index is 1.89. The molecule has 0 spiro atoms. The molecule has 0 atom stereocenters. The smallest absolute Gasteiger partial charge is 0.410 e. The number of benzene rings is 1. The van der Waals surface area contributed by atoms with Crippen molar-refractivity contribution in [1.82, 2.24) is 9.80 Å². The summed E-state index contributed by atoms with van der Waals surface area (Å²) in [4.78, 5) is 16.0. The minimum absolute atomic E-state index is 0.143. The first-order chi connectivity index (χ1) is 11.6. The summed E-state index contributed by atoms with van der Waals surface area (Å²) in [6.45, 7) is 7.69. The van der Waals surface area contributed by atoms with Gasteiger partial charge in [0.1, 0.15) is 11.4 Å². The van der Waals surface area contributed by atoms with Crippen LogP contribution in [0.1, 0.15) is 39.2 Å². The van der Waals surface area contributed by atoms with Gasteiger partial charge in [-0.1, -0.05) is 11.6 Å². The van der Waals surface area contributed by atoms with Crippen LogP contribution in [0, 0.1) is 5.82 Å². The molecule has 0 radical (unpaired) electrons. The second-order valence-electron chi connectivity index (χ2n) is 7.46. The van der Waals surface area contributed by atoms with Crippen LogP contribution in [0.25, 0.3) is 0 Å². The van der Waals surface area contributed by atoms with E-state index in [9.17, 15) is 9.18 Å². The van der Waals surface area contributed by atoms with Gasteiger partial charge in [0.15, 0.2) is 0 Å². The number of carbonyl (C=O) groups is 1. The highest BCUT2D eigenvalue weighted by Gasteiger charge is 2.28. The molecule has 1 saturated heterocycles. The number of hydrogen-bond acceptors (Lipinski definition) is 3. The zero-order valence-electron chi connectivity index (χ0n) is 15.1. The second kappa shape index (κ2) is 8.23. The van der Waals surface area contributed by atoms with Gasteiger partial charge in [-0.2, -0.15) is 0 Å². The largest absolute Gasteiger partial charge is 0.444 e. The maximum Gasteiger partial charge on any atom is 0.410 e. The molecule has 0 aromatic heterocycles. The molecule has 0 aliphatic carbocycles. The maximum absolute atomic E-state index is 14.1. The Bertz CT molecular complexity index is 628. The van der Waals surface area contributed by atoms with Gasteiger partial charge in [-0.3, -0.25) is 4.90 Å². The molecule has 1 aliphatic rings. The molecule has 0 bridgehead atoms. The molecule has 2 rings (SSSR count). The molecule has 1 amide bonds. The third-order valence-electron chi connectivity index (χ3n) is 4.27. The molecule has 4 nitrogen and oxygen atoms in total. The zero-order chi connectivity index (χ0) is 18.8. The quantitative estimate of drug-likeness (QED) is 0.621. The van der Waals surface area contributed by atoms with Crippen LogP contribution in [0.2, 0.25) is 5.02 Å². The molecule has 7 heteroatoms. The van der Waals surface area contributed by atoms with Crippen LogP contribution in [0.15, 0.2) is 16.6 Å². The van der Waals surface area contributed by atoms with Gasteiger partial charge < -0.3 is 9.64 Å². The fourth-order valence-electron chi connectivity index (χ4n) is 2.87. The summed E-state index contributed by atoms with van der Waals surface area (Å²) in [7, 11) is 1.78. The molecule has 25 heavy (non-hydrogen) atoms. The van der Waals surface area contributed by atoms with Crippen molar-refractivity contribution < 1.29 is 13.9 Å². The van der Waals surface area contributed by atoms with E-state index in [-0.39, 0.29) is 18.0 Å². The first-order valence-corrected chi connectivity index (χ1v) is 9.55. The average molecular weight is 436 g/mol. The number of ether oxygens (including phenoxy) is 1. The molecule has 1 heterocycles. The summed E-state index contributed by atoms with van der Waals surface area (Å²) < 4.78 is 20.1. The van der Waals surface area contributed by atoms with Gasteiger partial charge in [-0.15, -0.1) is 0 Å². The molecule has 1 aromatic carbocycles. The molecule has 0 unspecified atom stereocenters. The first-order valence-electron chi connectivity index (χ1n) is 8.38. The van der Waals surface area contributed by atoms with E-state index in [2.05, 4.69) is 20.8 Å². The van der Waals surface area contributed by atoms with E-state index in [1.54, 1.807) is 18.0 Å². The summed E-state index contributed by atoms with van der Waals surface area (Å²) in [5, 5.41) is 0.510. The van der Waals surface area contributed by atoms with Crippen molar-refractivity contribution in [3.63, 3.8) is 0 Å². The van der Waals surface area contributed by atoms with Crippen molar-refractivity contribution in [3.05, 3.63) is 33.0 Å². The van der Waals surface area contributed by atoms with Crippen molar-refractivity contribution in [2.24, 2.45) is 0 Å². The van der Waals surface area contributed by atoms with Gasteiger partial charge >= 0.3 is 6.09 Å². The van der Waals surface area contributed by atoms with Gasteiger partial charge in [0.25, 0.3) is 0 Å². The van der Waals surface area contributed by atoms with E-state index in [0.717, 1.165) is 25.9 Å². The molecule has 0 N–H and O–H groups in total. The fourth-order valence-corrected chi connectivity index (χ4v) is 3.38. The van der Waals surface area contributed by atoms with Gasteiger partial charge in [-0.05, 0) is 61.7 Å². The third kappa shape index (κ3) is 5.83. The highest BCUT2D eigenvalue weighted by Crippen LogP contribution is 2.27. The Morgan fingerprint density at radius 2 is 2.00 bits per heavy atom. The Morgan fingerprint density at radius 1 is 1.40 bits per heavy atom. The van der Waals surface area contributed by atoms with E-state index in [0.29, 0.717) is 21.6 Å². The molecule has 1 aromatic rings. The molecule has 0 saturated carbocycles. The topological polar surface area (TPSA) is 32.8 Å². The number of rotatable bonds is 3. The lowest BCUT2D eigenvalue weighted by Crippen LogP contribution is -2.46. The molecule has 140 valence electrons. The summed E-state index contributed by atoms with van der Waals surface area (Å²) in [5.74, 6) is -0.260. The highest BCUT2D eigenvalue weighted by atomic mass is 79.9. The van der Waals surface area contributed by atoms with E-state index < -0.39 is 5.60 Å². The molecular formula is C18H25BrClFN2O2. The van der Waals surface area contributed by atoms with Gasteiger partial charge in [0.05, 0.1) is 5.02 Å². The lowest BCUT2D eigenvalue weighted by Gasteiger charge is -2.37. The van der Waals surface area contributed by atoms with E-state index in [1.165, 1.54) is 6.07 Å². The second-order valence-corrected chi connectivity index (χ2v) is 8.72. The van der Waals surface area contributed by atoms with Crippen LogP contribution in [0.4, 0.5) is 9.18 Å². The van der Waals surface area contributed by atoms with Crippen LogP contribution >= 0.6 is 27.5 Å². The van der Waals surface area contributed by atoms with E-state index in [4.69, 9.17) is 16.3 Å². The predicted octanol–water partition coefficient (Wildman–Crippen LogP) is 5.07. The zero-order valence-corrected chi connectivity index (χ0v) is 17.5. The van der Waals surface area contributed by atoms with E-state index in [1.807, 2.05) is 20.8 Å². The third-order valence-corrected chi connectivity index (χ3v) is 5.47. The Kier molecular flexibility index (Phi) is 6.74. The Hall–Kier alpha value is -0.850. The minimum atomic E-state index is -0.496. The Labute approximate surface area is 162 Å². The lowest BCUT2D eigenvalue weighted by atomic mass is 10.0. The number of carbonyl (C=O) groups excluding carboxylic acids is 1. The summed E-state index contributed by atoms with van der Waals surface area (Å²) >= 11 is 9.29. The molecule has 1 aliphatic heterocycles. The first kappa shape index (κ1) is 20.5. The van der Waals surface area contributed by atoms with Gasteiger partial charge in [0.2, 0.25) is 0 Å². The summed E-state index contributed by atoms with van der Waals surface area (Å²) in [6.07, 6.45) is 1.38. The average Bonchev–Trinajstić information content (AvgIpc) is 2.51. The number of hydrogen-bond donors (Lipinski definition) is 0. The standard InChI is InChI=1S/C18H25BrClFN2O2/c1-18(2,3)25-17(24)22(4)13-5-7-23(8-6-13)11-12-9-15(20)14(19)10-16(12)21/h9-10,13H,5-8,11H2,1-4H3. The maximum atomic E-state index is 14.1. The van der Waals surface area contributed by atoms with Gasteiger partial charge in [0, 0.05) is 42.8 Å². The summed E-state index contributed by atoms with van der Waals surface area (Å²) in [5.41, 5.74) is 0.0943. The number of halogens is 3. The highest BCUT2D eigenvalue weighted by molar-refractivity contribution is 9.10. The Morgan fingerprint density at radius 3 is 2.56 bits per heavy atom. The van der Waals surface area contributed by atoms with Crippen molar-refractivity contribution >= 4 is 33.6 Å². The van der Waals surface area contributed by atoms with Crippen molar-refractivity contribution in [3.8, 4) is 0 Å². The monoisotopic (exact) mass is 434 g/mol. The SMILES string of the molecule is CN(C(=O)OC(C)(C)C)C1CCN(Cc2cc(Cl)c(Br)cc2F)CC1. The van der Waals surface area contributed by atoms with Crippen LogP contribution in [-0.2, 0) is 11.3 Å². The minimum Gasteiger partial charge on any atom is -0.444 e. The normalized spacial score (nSPS) is 16.8. The molecular weight excluding hydrogens is 411 g/mol. The number of piperidine rings is 1. The predicted molar refractivity (Wildman–Crippen MR) is 101 cm³/mol. The summed E-state index contributed by atoms with van der Waals surface area (Å²) in [6, 6.07) is 3.21. The van der Waals surface area contributed by atoms with Crippen molar-refractivity contribution in [1.29, 1.82) is 0 Å². The number of nitrogens with zero attached hydrogens (tertiary/aromatic N) is 2. The van der Waals surface area contributed by atoms with Crippen LogP contribution in [0.5, 0.6) is 0 Å². The van der Waals surface area contributed by atoms with Crippen molar-refractivity contribution in [2.45, 2.75) is 51.8 Å². The van der Waals surface area contributed by atoms with Crippen LogP contribution in [0.3, 0.4) is 0 Å². The number of amides is 1. The molecule has 1 fully saturated rings. The lowest BCUT2D eigenvalue weighted by molar-refractivity contribution is 0.0148. The van der Waals surface area contributed by atoms with Gasteiger partial charge in [-0.25, -0.2) is 9.18 Å².